The fraction of sp³-hybridized carbons (Fsp3) is 0.364. The van der Waals surface area contributed by atoms with Crippen molar-refractivity contribution in [3.8, 4) is 17.2 Å². The molecule has 3 aliphatic heterocycles. The van der Waals surface area contributed by atoms with Crippen LogP contribution in [0.4, 0.5) is 0 Å². The van der Waals surface area contributed by atoms with E-state index in [1.807, 2.05) is 30.0 Å². The highest BCUT2D eigenvalue weighted by Gasteiger charge is 2.43. The van der Waals surface area contributed by atoms with Gasteiger partial charge in [-0.3, -0.25) is 9.59 Å². The molecule has 144 valence electrons. The summed E-state index contributed by atoms with van der Waals surface area (Å²) in [6.07, 6.45) is 1.65. The van der Waals surface area contributed by atoms with Crippen molar-refractivity contribution in [2.24, 2.45) is 0 Å². The number of carbonyl (C=O) groups is 2. The predicted octanol–water partition coefficient (Wildman–Crippen LogP) is 3.36. The van der Waals surface area contributed by atoms with E-state index in [2.05, 4.69) is 0 Å². The van der Waals surface area contributed by atoms with Crippen LogP contribution in [0.25, 0.3) is 0 Å². The molecule has 6 nitrogen and oxygen atoms in total. The highest BCUT2D eigenvalue weighted by molar-refractivity contribution is 6.00. The van der Waals surface area contributed by atoms with Crippen molar-refractivity contribution in [2.75, 3.05) is 19.9 Å². The number of piperidine rings is 1. The monoisotopic (exact) mass is 379 g/mol. The molecule has 28 heavy (non-hydrogen) atoms. The first-order valence-corrected chi connectivity index (χ1v) is 9.55. The maximum absolute atomic E-state index is 12.9. The molecule has 2 aromatic rings. The Hall–Kier alpha value is -3.02. The van der Waals surface area contributed by atoms with Gasteiger partial charge >= 0.3 is 0 Å². The van der Waals surface area contributed by atoms with Crippen LogP contribution in [0, 0.1) is 6.92 Å². The topological polar surface area (TPSA) is 65.1 Å². The molecule has 3 aliphatic rings. The van der Waals surface area contributed by atoms with Crippen LogP contribution in [-0.2, 0) is 0 Å². The van der Waals surface area contributed by atoms with Crippen LogP contribution in [0.1, 0.15) is 45.5 Å². The first-order chi connectivity index (χ1) is 13.5. The maximum Gasteiger partial charge on any atom is 0.253 e. The van der Waals surface area contributed by atoms with Crippen LogP contribution in [0.5, 0.6) is 17.2 Å². The van der Waals surface area contributed by atoms with Gasteiger partial charge in [0.2, 0.25) is 6.79 Å². The Morgan fingerprint density at radius 3 is 2.61 bits per heavy atom. The molecule has 0 aromatic heterocycles. The fourth-order valence-corrected chi connectivity index (χ4v) is 4.21. The van der Waals surface area contributed by atoms with Crippen LogP contribution in [0.15, 0.2) is 36.4 Å². The minimum Gasteiger partial charge on any atom is -0.486 e. The lowest BCUT2D eigenvalue weighted by Crippen LogP contribution is -2.52. The molecule has 0 atom stereocenters. The Labute approximate surface area is 163 Å². The maximum atomic E-state index is 12.9. The van der Waals surface area contributed by atoms with Crippen molar-refractivity contribution in [3.05, 3.63) is 53.1 Å². The predicted molar refractivity (Wildman–Crippen MR) is 101 cm³/mol. The summed E-state index contributed by atoms with van der Waals surface area (Å²) in [5.41, 5.74) is 1.81. The highest BCUT2D eigenvalue weighted by Crippen LogP contribution is 2.40. The Balaban J connectivity index is 1.31. The van der Waals surface area contributed by atoms with Gasteiger partial charge in [-0.15, -0.1) is 0 Å². The summed E-state index contributed by atoms with van der Waals surface area (Å²) in [7, 11) is 0. The van der Waals surface area contributed by atoms with E-state index in [4.69, 9.17) is 14.2 Å². The molecule has 6 heteroatoms. The van der Waals surface area contributed by atoms with E-state index in [-0.39, 0.29) is 18.5 Å². The molecule has 1 spiro atoms. The third-order valence-corrected chi connectivity index (χ3v) is 5.83. The van der Waals surface area contributed by atoms with E-state index in [0.29, 0.717) is 60.7 Å². The second-order valence-electron chi connectivity index (χ2n) is 7.74. The number of Topliss-reactive ketones (excluding diaryl/α,β-unsaturated/α-hetero) is 1. The summed E-state index contributed by atoms with van der Waals surface area (Å²) < 4.78 is 17.0. The van der Waals surface area contributed by atoms with Crippen molar-refractivity contribution < 1.29 is 23.8 Å². The van der Waals surface area contributed by atoms with Gasteiger partial charge in [-0.25, -0.2) is 0 Å². The van der Waals surface area contributed by atoms with Crippen LogP contribution in [-0.4, -0.2) is 42.1 Å². The van der Waals surface area contributed by atoms with E-state index in [0.717, 1.165) is 5.56 Å². The molecule has 0 bridgehead atoms. The van der Waals surface area contributed by atoms with Gasteiger partial charge in [0.15, 0.2) is 17.3 Å². The first kappa shape index (κ1) is 17.1. The number of rotatable bonds is 1. The standard InChI is InChI=1S/C22H21NO5/c1-14-2-4-16-17(24)12-22(28-19(16)10-14)6-8-23(9-7-22)21(25)15-3-5-18-20(11-15)27-13-26-18/h2-5,10-11H,6-9,12-13H2,1H3. The lowest BCUT2D eigenvalue weighted by Gasteiger charge is -2.44. The number of ether oxygens (including phenoxy) is 3. The number of hydrogen-bond donors (Lipinski definition) is 0. The van der Waals surface area contributed by atoms with Gasteiger partial charge in [-0.05, 0) is 42.8 Å². The molecule has 0 radical (unpaired) electrons. The van der Waals surface area contributed by atoms with Gasteiger partial charge in [0, 0.05) is 31.5 Å². The molecular weight excluding hydrogens is 358 g/mol. The van der Waals surface area contributed by atoms with Crippen LogP contribution < -0.4 is 14.2 Å². The second kappa shape index (κ2) is 6.26. The number of nitrogens with zero attached hydrogens (tertiary/aromatic N) is 1. The summed E-state index contributed by atoms with van der Waals surface area (Å²) in [5, 5.41) is 0. The summed E-state index contributed by atoms with van der Waals surface area (Å²) in [6.45, 7) is 3.29. The fourth-order valence-electron chi connectivity index (χ4n) is 4.21. The van der Waals surface area contributed by atoms with Crippen molar-refractivity contribution in [3.63, 3.8) is 0 Å². The van der Waals surface area contributed by atoms with E-state index in [9.17, 15) is 9.59 Å². The van der Waals surface area contributed by atoms with Crippen molar-refractivity contribution in [1.82, 2.24) is 4.90 Å². The number of ketones is 1. The normalized spacial score (nSPS) is 19.3. The molecule has 1 fully saturated rings. The van der Waals surface area contributed by atoms with Crippen molar-refractivity contribution in [2.45, 2.75) is 31.8 Å². The average molecular weight is 379 g/mol. The lowest BCUT2D eigenvalue weighted by molar-refractivity contribution is -0.00574. The zero-order chi connectivity index (χ0) is 19.3. The zero-order valence-electron chi connectivity index (χ0n) is 15.7. The quantitative estimate of drug-likeness (QED) is 0.760. The molecule has 3 heterocycles. The molecular formula is C22H21NO5. The van der Waals surface area contributed by atoms with E-state index >= 15 is 0 Å². The summed E-state index contributed by atoms with van der Waals surface area (Å²) in [4.78, 5) is 27.4. The van der Waals surface area contributed by atoms with Crippen molar-refractivity contribution in [1.29, 1.82) is 0 Å². The lowest BCUT2D eigenvalue weighted by atomic mass is 9.82. The van der Waals surface area contributed by atoms with Crippen LogP contribution in [0.2, 0.25) is 0 Å². The Bertz CT molecular complexity index is 975. The SMILES string of the molecule is Cc1ccc2c(c1)OC1(CCN(C(=O)c3ccc4c(c3)OCO4)CC1)CC2=O. The van der Waals surface area contributed by atoms with Crippen molar-refractivity contribution >= 4 is 11.7 Å². The van der Waals surface area contributed by atoms with Gasteiger partial charge in [0.25, 0.3) is 5.91 Å². The van der Waals surface area contributed by atoms with Gasteiger partial charge in [0.1, 0.15) is 11.4 Å². The second-order valence-corrected chi connectivity index (χ2v) is 7.74. The summed E-state index contributed by atoms with van der Waals surface area (Å²) >= 11 is 0. The molecule has 5 rings (SSSR count). The number of aryl methyl sites for hydroxylation is 1. The smallest absolute Gasteiger partial charge is 0.253 e. The van der Waals surface area contributed by atoms with Gasteiger partial charge in [0.05, 0.1) is 12.0 Å². The molecule has 1 saturated heterocycles. The highest BCUT2D eigenvalue weighted by atomic mass is 16.7. The van der Waals surface area contributed by atoms with E-state index in [1.54, 1.807) is 18.2 Å². The van der Waals surface area contributed by atoms with E-state index in [1.165, 1.54) is 0 Å². The van der Waals surface area contributed by atoms with Gasteiger partial charge in [-0.2, -0.15) is 0 Å². The van der Waals surface area contributed by atoms with Crippen LogP contribution in [0.3, 0.4) is 0 Å². The number of carbonyl (C=O) groups excluding carboxylic acids is 2. The summed E-state index contributed by atoms with van der Waals surface area (Å²) in [5.74, 6) is 2.03. The van der Waals surface area contributed by atoms with E-state index < -0.39 is 5.60 Å². The number of likely N-dealkylation sites (tertiary alicyclic amines) is 1. The number of fused-ring (bicyclic) bond motifs is 2. The molecule has 2 aromatic carbocycles. The Kier molecular flexibility index (Phi) is 3.82. The number of amides is 1. The Morgan fingerprint density at radius 2 is 1.79 bits per heavy atom. The minimum absolute atomic E-state index is 0.0356. The number of benzene rings is 2. The third-order valence-electron chi connectivity index (χ3n) is 5.83. The Morgan fingerprint density at radius 1 is 1.00 bits per heavy atom. The minimum atomic E-state index is -0.510. The molecule has 0 unspecified atom stereocenters. The first-order valence-electron chi connectivity index (χ1n) is 9.55. The van der Waals surface area contributed by atoms with Gasteiger partial charge in [-0.1, -0.05) is 6.07 Å². The average Bonchev–Trinajstić information content (AvgIpc) is 3.15. The molecule has 0 saturated carbocycles. The zero-order valence-corrected chi connectivity index (χ0v) is 15.7. The molecule has 0 N–H and O–H groups in total. The van der Waals surface area contributed by atoms with Gasteiger partial charge < -0.3 is 19.1 Å². The largest absolute Gasteiger partial charge is 0.486 e. The third kappa shape index (κ3) is 2.80. The molecule has 0 aliphatic carbocycles. The van der Waals surface area contributed by atoms with Crippen LogP contribution >= 0.6 is 0 Å². The molecule has 1 amide bonds. The summed E-state index contributed by atoms with van der Waals surface area (Å²) in [6, 6.07) is 11.0. The number of hydrogen-bond acceptors (Lipinski definition) is 5.